The standard InChI is InChI=1S/C32H38N2O4/c1-3-21-37-28-16-15-27(30(24-28)38-22-4-2)23-29(31(35)33-19-17-25-11-7-5-8-12-25)32(36)34-20-18-26-13-9-6-10-14-26/h5-16,23-24H,3-4,17-22H2,1-2H3,(H,33,35)(H,34,36). The summed E-state index contributed by atoms with van der Waals surface area (Å²) in [6, 6.07) is 25.3. The van der Waals surface area contributed by atoms with Crippen molar-refractivity contribution in [1.29, 1.82) is 0 Å². The highest BCUT2D eigenvalue weighted by molar-refractivity contribution is 6.21. The SMILES string of the molecule is CCCOc1ccc(C=C(C(=O)NCCc2ccccc2)C(=O)NCCc2ccccc2)c(OCCC)c1. The van der Waals surface area contributed by atoms with Gasteiger partial charge in [0.25, 0.3) is 11.8 Å². The third kappa shape index (κ3) is 9.43. The number of carbonyl (C=O) groups excluding carboxylic acids is 2. The van der Waals surface area contributed by atoms with Gasteiger partial charge in [-0.25, -0.2) is 0 Å². The van der Waals surface area contributed by atoms with E-state index in [1.165, 1.54) is 0 Å². The zero-order valence-corrected chi connectivity index (χ0v) is 22.4. The predicted molar refractivity (Wildman–Crippen MR) is 152 cm³/mol. The smallest absolute Gasteiger partial charge is 0.256 e. The van der Waals surface area contributed by atoms with Crippen molar-refractivity contribution in [1.82, 2.24) is 10.6 Å². The highest BCUT2D eigenvalue weighted by Crippen LogP contribution is 2.27. The summed E-state index contributed by atoms with van der Waals surface area (Å²) in [5, 5.41) is 5.82. The van der Waals surface area contributed by atoms with Gasteiger partial charge in [0.1, 0.15) is 17.1 Å². The van der Waals surface area contributed by atoms with Crippen LogP contribution in [0.2, 0.25) is 0 Å². The molecule has 0 spiro atoms. The molecular formula is C32H38N2O4. The molecule has 6 heteroatoms. The van der Waals surface area contributed by atoms with Crippen LogP contribution in [-0.4, -0.2) is 38.1 Å². The monoisotopic (exact) mass is 514 g/mol. The van der Waals surface area contributed by atoms with Crippen LogP contribution in [0.3, 0.4) is 0 Å². The largest absolute Gasteiger partial charge is 0.493 e. The Hall–Kier alpha value is -4.06. The van der Waals surface area contributed by atoms with E-state index in [4.69, 9.17) is 9.47 Å². The molecule has 0 saturated carbocycles. The van der Waals surface area contributed by atoms with Crippen LogP contribution in [0.15, 0.2) is 84.4 Å². The normalized spacial score (nSPS) is 10.4. The van der Waals surface area contributed by atoms with Gasteiger partial charge in [0.2, 0.25) is 0 Å². The molecule has 6 nitrogen and oxygen atoms in total. The van der Waals surface area contributed by atoms with Crippen molar-refractivity contribution in [3.05, 3.63) is 101 Å². The Morgan fingerprint density at radius 1 is 0.711 bits per heavy atom. The van der Waals surface area contributed by atoms with Crippen molar-refractivity contribution in [2.75, 3.05) is 26.3 Å². The summed E-state index contributed by atoms with van der Waals surface area (Å²) in [7, 11) is 0. The molecule has 0 atom stereocenters. The summed E-state index contributed by atoms with van der Waals surface area (Å²) in [5.74, 6) is 0.417. The Balaban J connectivity index is 1.80. The van der Waals surface area contributed by atoms with Crippen molar-refractivity contribution in [2.24, 2.45) is 0 Å². The summed E-state index contributed by atoms with van der Waals surface area (Å²) in [5.41, 5.74) is 2.91. The van der Waals surface area contributed by atoms with Crippen molar-refractivity contribution in [3.63, 3.8) is 0 Å². The predicted octanol–water partition coefficient (Wildman–Crippen LogP) is 5.37. The van der Waals surface area contributed by atoms with Crippen LogP contribution >= 0.6 is 0 Å². The van der Waals surface area contributed by atoms with Gasteiger partial charge in [0.05, 0.1) is 13.2 Å². The lowest BCUT2D eigenvalue weighted by molar-refractivity contribution is -0.123. The number of hydrogen-bond donors (Lipinski definition) is 2. The minimum Gasteiger partial charge on any atom is -0.493 e. The van der Waals surface area contributed by atoms with Gasteiger partial charge < -0.3 is 20.1 Å². The number of amides is 2. The fourth-order valence-corrected chi connectivity index (χ4v) is 3.79. The maximum absolute atomic E-state index is 13.2. The molecule has 0 saturated heterocycles. The minimum absolute atomic E-state index is 0.0368. The van der Waals surface area contributed by atoms with Gasteiger partial charge in [-0.1, -0.05) is 74.5 Å². The van der Waals surface area contributed by atoms with Crippen molar-refractivity contribution in [2.45, 2.75) is 39.5 Å². The fourth-order valence-electron chi connectivity index (χ4n) is 3.79. The average molecular weight is 515 g/mol. The van der Waals surface area contributed by atoms with E-state index in [0.717, 1.165) is 24.0 Å². The van der Waals surface area contributed by atoms with Crippen molar-refractivity contribution < 1.29 is 19.1 Å². The van der Waals surface area contributed by atoms with Gasteiger partial charge in [-0.2, -0.15) is 0 Å². The lowest BCUT2D eigenvalue weighted by Crippen LogP contribution is -2.36. The molecule has 0 heterocycles. The second kappa shape index (κ2) is 15.9. The van der Waals surface area contributed by atoms with Gasteiger partial charge in [-0.05, 0) is 55.0 Å². The lowest BCUT2D eigenvalue weighted by Gasteiger charge is -2.14. The number of carbonyl (C=O) groups is 2. The van der Waals surface area contributed by atoms with Gasteiger partial charge >= 0.3 is 0 Å². The van der Waals surface area contributed by atoms with E-state index >= 15 is 0 Å². The second-order valence-electron chi connectivity index (χ2n) is 8.94. The van der Waals surface area contributed by atoms with Crippen molar-refractivity contribution in [3.8, 4) is 11.5 Å². The molecule has 0 aliphatic heterocycles. The van der Waals surface area contributed by atoms with Crippen molar-refractivity contribution >= 4 is 17.9 Å². The highest BCUT2D eigenvalue weighted by atomic mass is 16.5. The second-order valence-corrected chi connectivity index (χ2v) is 8.94. The fraction of sp³-hybridized carbons (Fsp3) is 0.312. The molecule has 3 rings (SSSR count). The number of ether oxygens (including phenoxy) is 2. The number of nitrogens with one attached hydrogen (secondary N) is 2. The molecule has 38 heavy (non-hydrogen) atoms. The molecule has 2 N–H and O–H groups in total. The van der Waals surface area contributed by atoms with Crippen LogP contribution in [0.1, 0.15) is 43.4 Å². The molecule has 0 aliphatic carbocycles. The molecular weight excluding hydrogens is 476 g/mol. The van der Waals surface area contributed by atoms with Crippen LogP contribution in [0.25, 0.3) is 6.08 Å². The summed E-state index contributed by atoms with van der Waals surface area (Å²) in [4.78, 5) is 26.5. The van der Waals surface area contributed by atoms with Crippen LogP contribution in [-0.2, 0) is 22.4 Å². The molecule has 3 aromatic carbocycles. The first-order valence-electron chi connectivity index (χ1n) is 13.4. The van der Waals surface area contributed by atoms with Crippen LogP contribution < -0.4 is 20.1 Å². The number of benzene rings is 3. The maximum Gasteiger partial charge on any atom is 0.256 e. The van der Waals surface area contributed by atoms with Gasteiger partial charge in [0, 0.05) is 24.7 Å². The van der Waals surface area contributed by atoms with Gasteiger partial charge in [-0.15, -0.1) is 0 Å². The summed E-state index contributed by atoms with van der Waals surface area (Å²) >= 11 is 0. The summed E-state index contributed by atoms with van der Waals surface area (Å²) < 4.78 is 11.7. The Morgan fingerprint density at radius 2 is 1.24 bits per heavy atom. The summed E-state index contributed by atoms with van der Waals surface area (Å²) in [6.07, 6.45) is 4.66. The molecule has 0 aliphatic rings. The first-order valence-corrected chi connectivity index (χ1v) is 13.4. The van der Waals surface area contributed by atoms with E-state index in [1.807, 2.05) is 92.7 Å². The van der Waals surface area contributed by atoms with Crippen LogP contribution in [0, 0.1) is 0 Å². The quantitative estimate of drug-likeness (QED) is 0.163. The van der Waals surface area contributed by atoms with Crippen LogP contribution in [0.4, 0.5) is 0 Å². The molecule has 0 fully saturated rings. The Labute approximate surface area is 226 Å². The first kappa shape index (κ1) is 28.5. The third-order valence-electron chi connectivity index (χ3n) is 5.79. The molecule has 2 amide bonds. The lowest BCUT2D eigenvalue weighted by atomic mass is 10.1. The van der Waals surface area contributed by atoms with Crippen LogP contribution in [0.5, 0.6) is 11.5 Å². The topological polar surface area (TPSA) is 76.7 Å². The summed E-state index contributed by atoms with van der Waals surface area (Å²) in [6.45, 7) is 6.02. The Kier molecular flexibility index (Phi) is 11.9. The Bertz CT molecular complexity index is 1120. The maximum atomic E-state index is 13.2. The first-order chi connectivity index (χ1) is 18.6. The van der Waals surface area contributed by atoms with E-state index in [9.17, 15) is 9.59 Å². The van der Waals surface area contributed by atoms with E-state index in [-0.39, 0.29) is 5.57 Å². The zero-order valence-electron chi connectivity index (χ0n) is 22.4. The van der Waals surface area contributed by atoms with E-state index in [0.29, 0.717) is 56.2 Å². The van der Waals surface area contributed by atoms with E-state index in [1.54, 1.807) is 6.08 Å². The molecule has 0 aromatic heterocycles. The van der Waals surface area contributed by atoms with E-state index in [2.05, 4.69) is 10.6 Å². The molecule has 200 valence electrons. The number of rotatable bonds is 15. The highest BCUT2D eigenvalue weighted by Gasteiger charge is 2.19. The molecule has 0 bridgehead atoms. The van der Waals surface area contributed by atoms with E-state index < -0.39 is 11.8 Å². The van der Waals surface area contributed by atoms with Gasteiger partial charge in [0.15, 0.2) is 0 Å². The molecule has 0 unspecified atom stereocenters. The minimum atomic E-state index is -0.425. The Morgan fingerprint density at radius 3 is 1.76 bits per heavy atom. The zero-order chi connectivity index (χ0) is 27.0. The average Bonchev–Trinajstić information content (AvgIpc) is 2.95. The van der Waals surface area contributed by atoms with Gasteiger partial charge in [-0.3, -0.25) is 9.59 Å². The number of hydrogen-bond acceptors (Lipinski definition) is 4. The molecule has 3 aromatic rings. The molecule has 0 radical (unpaired) electrons. The third-order valence-corrected chi connectivity index (χ3v) is 5.79.